The Kier molecular flexibility index (Phi) is 4.68. The van der Waals surface area contributed by atoms with Crippen molar-refractivity contribution in [2.75, 3.05) is 0 Å². The van der Waals surface area contributed by atoms with E-state index in [-0.39, 0.29) is 6.10 Å². The topological polar surface area (TPSA) is 9.23 Å². The number of halogens is 2. The molecule has 0 aliphatic heterocycles. The fourth-order valence-electron chi connectivity index (χ4n) is 1.22. The monoisotopic (exact) mass is 288 g/mol. The van der Waals surface area contributed by atoms with E-state index in [4.69, 9.17) is 16.3 Å². The summed E-state index contributed by atoms with van der Waals surface area (Å²) in [5, 5.41) is 0.741. The lowest BCUT2D eigenvalue weighted by molar-refractivity contribution is 0.224. The van der Waals surface area contributed by atoms with Crippen molar-refractivity contribution in [1.82, 2.24) is 0 Å². The second-order valence-electron chi connectivity index (χ2n) is 3.48. The fourth-order valence-corrected chi connectivity index (χ4v) is 1.95. The number of ether oxygens (including phenoxy) is 1. The predicted molar refractivity (Wildman–Crippen MR) is 68.8 cm³/mol. The van der Waals surface area contributed by atoms with Gasteiger partial charge in [0, 0.05) is 11.4 Å². The van der Waals surface area contributed by atoms with Crippen LogP contribution in [0.3, 0.4) is 0 Å². The highest BCUT2D eigenvalue weighted by Gasteiger charge is 2.08. The van der Waals surface area contributed by atoms with E-state index >= 15 is 0 Å². The molecule has 0 radical (unpaired) electrons. The minimum absolute atomic E-state index is 0.124. The third kappa shape index (κ3) is 3.54. The van der Waals surface area contributed by atoms with E-state index in [0.29, 0.717) is 0 Å². The molecule has 0 saturated heterocycles. The maximum absolute atomic E-state index is 5.98. The molecule has 0 N–H and O–H groups in total. The molecule has 3 heteroatoms. The summed E-state index contributed by atoms with van der Waals surface area (Å²) >= 11 is 9.41. The van der Waals surface area contributed by atoms with Crippen LogP contribution >= 0.6 is 27.5 Å². The molecule has 0 aliphatic carbocycles. The predicted octanol–water partition coefficient (Wildman–Crippen LogP) is 4.75. The summed E-state index contributed by atoms with van der Waals surface area (Å²) in [6.45, 7) is 7.65. The van der Waals surface area contributed by atoms with Crippen LogP contribution in [-0.4, -0.2) is 6.10 Å². The molecule has 82 valence electrons. The highest BCUT2D eigenvalue weighted by atomic mass is 79.9. The second kappa shape index (κ2) is 5.57. The van der Waals surface area contributed by atoms with Crippen LogP contribution in [0, 0.1) is 6.92 Å². The number of aryl methyl sites for hydroxylation is 1. The summed E-state index contributed by atoms with van der Waals surface area (Å²) in [7, 11) is 0. The van der Waals surface area contributed by atoms with Crippen molar-refractivity contribution in [1.29, 1.82) is 0 Å². The van der Waals surface area contributed by atoms with E-state index in [0.717, 1.165) is 27.2 Å². The van der Waals surface area contributed by atoms with E-state index in [1.807, 2.05) is 32.1 Å². The Morgan fingerprint density at radius 3 is 2.87 bits per heavy atom. The minimum Gasteiger partial charge on any atom is -0.489 e. The van der Waals surface area contributed by atoms with Crippen LogP contribution in [0.2, 0.25) is 5.02 Å². The van der Waals surface area contributed by atoms with Crippen molar-refractivity contribution >= 4 is 27.5 Å². The van der Waals surface area contributed by atoms with Crippen molar-refractivity contribution in [3.05, 3.63) is 39.8 Å². The van der Waals surface area contributed by atoms with E-state index in [2.05, 4.69) is 22.5 Å². The zero-order valence-electron chi connectivity index (χ0n) is 8.89. The van der Waals surface area contributed by atoms with E-state index in [1.54, 1.807) is 0 Å². The van der Waals surface area contributed by atoms with Crippen LogP contribution in [-0.2, 0) is 0 Å². The Hall–Kier alpha value is -0.470. The molecule has 1 atom stereocenters. The van der Waals surface area contributed by atoms with Gasteiger partial charge in [-0.3, -0.25) is 0 Å². The maximum Gasteiger partial charge on any atom is 0.134 e. The van der Waals surface area contributed by atoms with E-state index < -0.39 is 0 Å². The quantitative estimate of drug-likeness (QED) is 0.727. The maximum atomic E-state index is 5.98. The third-order valence-electron chi connectivity index (χ3n) is 2.04. The standard InChI is InChI=1S/C12H14BrClO/c1-4-5-9(3)15-12-6-8(2)11(14)7-10(12)13/h4,6-7,9H,1,5H2,2-3H3/t9-/m0/s1. The largest absolute Gasteiger partial charge is 0.489 e. The Morgan fingerprint density at radius 1 is 1.60 bits per heavy atom. The zero-order chi connectivity index (χ0) is 11.4. The first-order valence-electron chi connectivity index (χ1n) is 4.77. The van der Waals surface area contributed by atoms with Crippen molar-refractivity contribution < 1.29 is 4.74 Å². The molecule has 0 bridgehead atoms. The van der Waals surface area contributed by atoms with Crippen LogP contribution < -0.4 is 4.74 Å². The average Bonchev–Trinajstić information content (AvgIpc) is 2.14. The van der Waals surface area contributed by atoms with Crippen LogP contribution in [0.1, 0.15) is 18.9 Å². The molecule has 15 heavy (non-hydrogen) atoms. The lowest BCUT2D eigenvalue weighted by atomic mass is 10.2. The van der Waals surface area contributed by atoms with Gasteiger partial charge < -0.3 is 4.74 Å². The summed E-state index contributed by atoms with van der Waals surface area (Å²) in [4.78, 5) is 0. The number of rotatable bonds is 4. The molecule has 0 fully saturated rings. The summed E-state index contributed by atoms with van der Waals surface area (Å²) in [5.74, 6) is 0.825. The highest BCUT2D eigenvalue weighted by molar-refractivity contribution is 9.10. The first-order chi connectivity index (χ1) is 7.04. The Bertz CT molecular complexity index is 363. The SMILES string of the molecule is C=CC[C@H](C)Oc1cc(C)c(Cl)cc1Br. The van der Waals surface area contributed by atoms with Gasteiger partial charge in [-0.25, -0.2) is 0 Å². The first-order valence-corrected chi connectivity index (χ1v) is 5.95. The number of benzene rings is 1. The van der Waals surface area contributed by atoms with Crippen molar-refractivity contribution in [2.45, 2.75) is 26.4 Å². The van der Waals surface area contributed by atoms with Gasteiger partial charge in [0.25, 0.3) is 0 Å². The van der Waals surface area contributed by atoms with Gasteiger partial charge in [0.15, 0.2) is 0 Å². The molecule has 0 amide bonds. The number of hydrogen-bond acceptors (Lipinski definition) is 1. The van der Waals surface area contributed by atoms with Gasteiger partial charge in [0.05, 0.1) is 10.6 Å². The Labute approximate surface area is 104 Å². The molecular weight excluding hydrogens is 275 g/mol. The average molecular weight is 290 g/mol. The smallest absolute Gasteiger partial charge is 0.134 e. The summed E-state index contributed by atoms with van der Waals surface area (Å²) in [6.07, 6.45) is 2.80. The molecule has 1 rings (SSSR count). The van der Waals surface area contributed by atoms with Crippen LogP contribution in [0.25, 0.3) is 0 Å². The van der Waals surface area contributed by atoms with Crippen molar-refractivity contribution in [3.8, 4) is 5.75 Å². The molecule has 1 aromatic carbocycles. The summed E-state index contributed by atoms with van der Waals surface area (Å²) < 4.78 is 6.63. The number of hydrogen-bond donors (Lipinski definition) is 0. The van der Waals surface area contributed by atoms with Gasteiger partial charge in [-0.1, -0.05) is 17.7 Å². The van der Waals surface area contributed by atoms with Gasteiger partial charge in [-0.05, 0) is 47.5 Å². The Balaban J connectivity index is 2.85. The van der Waals surface area contributed by atoms with Gasteiger partial charge in [0.2, 0.25) is 0 Å². The van der Waals surface area contributed by atoms with E-state index in [1.165, 1.54) is 0 Å². The molecule has 0 spiro atoms. The van der Waals surface area contributed by atoms with Crippen molar-refractivity contribution in [3.63, 3.8) is 0 Å². The first kappa shape index (κ1) is 12.6. The van der Waals surface area contributed by atoms with Crippen LogP contribution in [0.4, 0.5) is 0 Å². The second-order valence-corrected chi connectivity index (χ2v) is 4.75. The van der Waals surface area contributed by atoms with E-state index in [9.17, 15) is 0 Å². The molecule has 1 aromatic rings. The van der Waals surface area contributed by atoms with Crippen molar-refractivity contribution in [2.24, 2.45) is 0 Å². The highest BCUT2D eigenvalue weighted by Crippen LogP contribution is 2.31. The van der Waals surface area contributed by atoms with Gasteiger partial charge in [-0.15, -0.1) is 6.58 Å². The third-order valence-corrected chi connectivity index (χ3v) is 3.07. The van der Waals surface area contributed by atoms with Crippen LogP contribution in [0.5, 0.6) is 5.75 Å². The summed E-state index contributed by atoms with van der Waals surface area (Å²) in [6, 6.07) is 3.79. The normalized spacial score (nSPS) is 12.3. The molecular formula is C12H14BrClO. The lowest BCUT2D eigenvalue weighted by Crippen LogP contribution is -2.10. The molecule has 0 aromatic heterocycles. The molecule has 1 nitrogen and oxygen atoms in total. The zero-order valence-corrected chi connectivity index (χ0v) is 11.2. The van der Waals surface area contributed by atoms with Gasteiger partial charge in [0.1, 0.15) is 5.75 Å². The fraction of sp³-hybridized carbons (Fsp3) is 0.333. The summed E-state index contributed by atoms with van der Waals surface area (Å²) in [5.41, 5.74) is 1.01. The van der Waals surface area contributed by atoms with Gasteiger partial charge >= 0.3 is 0 Å². The molecule has 0 saturated carbocycles. The Morgan fingerprint density at radius 2 is 2.27 bits per heavy atom. The molecule has 0 heterocycles. The lowest BCUT2D eigenvalue weighted by Gasteiger charge is -2.15. The molecule has 0 unspecified atom stereocenters. The molecule has 0 aliphatic rings. The van der Waals surface area contributed by atoms with Crippen LogP contribution in [0.15, 0.2) is 29.3 Å². The van der Waals surface area contributed by atoms with Gasteiger partial charge in [-0.2, -0.15) is 0 Å². The minimum atomic E-state index is 0.124.